The van der Waals surface area contributed by atoms with Crippen LogP contribution in [0.15, 0.2) is 35.0 Å². The standard InChI is InChI=1S/C7H6F3NO.C7H8N4O5S/c8-6(9)7(10)12-5-2-1-3-11-4-5;1-15-4-3-5(16-2)9-6(8-4)10-7(12)11-17(13)14/h1-4,6-7H;3H,1-2H3,(H,8,9,10,12). The fraction of sp³-hybridized carbons (Fsp3) is 0.286. The van der Waals surface area contributed by atoms with Gasteiger partial charge in [-0.15, -0.1) is 0 Å². The van der Waals surface area contributed by atoms with Gasteiger partial charge in [0.15, 0.2) is 0 Å². The maximum Gasteiger partial charge on any atom is 0.362 e. The Labute approximate surface area is 163 Å². The summed E-state index contributed by atoms with van der Waals surface area (Å²) in [4.78, 5) is 22.0. The van der Waals surface area contributed by atoms with Gasteiger partial charge in [-0.05, 0) is 12.1 Å². The van der Waals surface area contributed by atoms with E-state index in [-0.39, 0.29) is 23.5 Å². The number of alkyl halides is 3. The van der Waals surface area contributed by atoms with Gasteiger partial charge in [0.25, 0.3) is 6.36 Å². The summed E-state index contributed by atoms with van der Waals surface area (Å²) in [5, 5.41) is 2.04. The number of ether oxygens (including phenoxy) is 3. The number of halogens is 3. The number of pyridine rings is 1. The van der Waals surface area contributed by atoms with Gasteiger partial charge >= 0.3 is 23.0 Å². The van der Waals surface area contributed by atoms with Gasteiger partial charge in [-0.3, -0.25) is 10.3 Å². The first-order valence-electron chi connectivity index (χ1n) is 7.33. The van der Waals surface area contributed by atoms with Crippen LogP contribution >= 0.6 is 0 Å². The van der Waals surface area contributed by atoms with Gasteiger partial charge in [-0.25, -0.2) is 13.6 Å². The van der Waals surface area contributed by atoms with E-state index < -0.39 is 29.3 Å². The van der Waals surface area contributed by atoms with E-state index in [4.69, 9.17) is 9.47 Å². The Balaban J connectivity index is 0.000000308. The van der Waals surface area contributed by atoms with Crippen molar-refractivity contribution >= 4 is 22.5 Å². The maximum absolute atomic E-state index is 12.2. The van der Waals surface area contributed by atoms with Gasteiger partial charge in [-0.1, -0.05) is 4.36 Å². The number of hydrogen-bond donors (Lipinski definition) is 1. The number of urea groups is 1. The van der Waals surface area contributed by atoms with Crippen LogP contribution in [0.4, 0.5) is 23.9 Å². The number of methoxy groups -OCH3 is 2. The maximum atomic E-state index is 12.2. The molecule has 29 heavy (non-hydrogen) atoms. The van der Waals surface area contributed by atoms with E-state index in [0.717, 1.165) is 6.20 Å². The molecule has 1 N–H and O–H groups in total. The number of anilines is 1. The van der Waals surface area contributed by atoms with Crippen LogP contribution in [0.3, 0.4) is 0 Å². The average Bonchev–Trinajstić information content (AvgIpc) is 2.68. The molecule has 2 heterocycles. The largest absolute Gasteiger partial charge is 0.481 e. The highest BCUT2D eigenvalue weighted by Gasteiger charge is 2.20. The van der Waals surface area contributed by atoms with Gasteiger partial charge in [0.2, 0.25) is 17.7 Å². The average molecular weight is 437 g/mol. The molecule has 0 radical (unpaired) electrons. The highest BCUT2D eigenvalue weighted by molar-refractivity contribution is 7.62. The molecule has 1 unspecified atom stereocenters. The van der Waals surface area contributed by atoms with E-state index in [9.17, 15) is 26.4 Å². The Hall–Kier alpha value is -3.49. The number of hydrogen-bond acceptors (Lipinski definition) is 9. The van der Waals surface area contributed by atoms with Crippen LogP contribution in [0.2, 0.25) is 0 Å². The third-order valence-electron chi connectivity index (χ3n) is 2.55. The molecule has 1 atom stereocenters. The lowest BCUT2D eigenvalue weighted by atomic mass is 10.5. The molecule has 2 amide bonds. The van der Waals surface area contributed by atoms with E-state index in [0.29, 0.717) is 0 Å². The van der Waals surface area contributed by atoms with Crippen molar-refractivity contribution in [3.63, 3.8) is 0 Å². The molecular weight excluding hydrogens is 423 g/mol. The Morgan fingerprint density at radius 3 is 2.24 bits per heavy atom. The molecule has 2 aromatic heterocycles. The molecule has 2 aromatic rings. The van der Waals surface area contributed by atoms with Gasteiger partial charge in [0, 0.05) is 6.20 Å². The van der Waals surface area contributed by atoms with Crippen LogP contribution in [0.1, 0.15) is 0 Å². The molecule has 0 saturated heterocycles. The molecule has 11 nitrogen and oxygen atoms in total. The van der Waals surface area contributed by atoms with E-state index in [1.165, 1.54) is 38.6 Å². The molecule has 2 rings (SSSR count). The summed E-state index contributed by atoms with van der Waals surface area (Å²) in [5.74, 6) is 0.108. The molecule has 0 bridgehead atoms. The quantitative estimate of drug-likeness (QED) is 0.719. The summed E-state index contributed by atoms with van der Waals surface area (Å²) in [5.41, 5.74) is 0. The Morgan fingerprint density at radius 2 is 1.79 bits per heavy atom. The summed E-state index contributed by atoms with van der Waals surface area (Å²) >= 11 is 0. The smallest absolute Gasteiger partial charge is 0.362 e. The Morgan fingerprint density at radius 1 is 1.17 bits per heavy atom. The Kier molecular flexibility index (Phi) is 9.80. The lowest BCUT2D eigenvalue weighted by Crippen LogP contribution is -2.19. The molecule has 0 aromatic carbocycles. The molecule has 158 valence electrons. The summed E-state index contributed by atoms with van der Waals surface area (Å²) in [7, 11) is -0.108. The monoisotopic (exact) mass is 437 g/mol. The van der Waals surface area contributed by atoms with E-state index >= 15 is 0 Å². The van der Waals surface area contributed by atoms with Crippen molar-refractivity contribution in [3.8, 4) is 17.5 Å². The molecule has 0 aliphatic carbocycles. The molecule has 0 aliphatic rings. The van der Waals surface area contributed by atoms with Crippen LogP contribution in [-0.2, 0) is 10.5 Å². The molecule has 0 spiro atoms. The zero-order valence-corrected chi connectivity index (χ0v) is 15.6. The second-order valence-electron chi connectivity index (χ2n) is 4.51. The third kappa shape index (κ3) is 9.32. The van der Waals surface area contributed by atoms with Crippen molar-refractivity contribution < 1.29 is 40.6 Å². The summed E-state index contributed by atoms with van der Waals surface area (Å²) in [6.45, 7) is 0. The zero-order chi connectivity index (χ0) is 21.8. The minimum Gasteiger partial charge on any atom is -0.481 e. The number of nitrogens with one attached hydrogen (secondary N) is 1. The van der Waals surface area contributed by atoms with E-state index in [1.54, 1.807) is 0 Å². The fourth-order valence-electron chi connectivity index (χ4n) is 1.45. The van der Waals surface area contributed by atoms with Crippen LogP contribution in [0.25, 0.3) is 0 Å². The van der Waals surface area contributed by atoms with Crippen molar-refractivity contribution in [3.05, 3.63) is 30.6 Å². The molecule has 0 aliphatic heterocycles. The minimum atomic E-state index is -3.13. The third-order valence-corrected chi connectivity index (χ3v) is 2.87. The first kappa shape index (κ1) is 23.5. The molecular formula is C14H14F3N5O6S. The van der Waals surface area contributed by atoms with Gasteiger partial charge in [-0.2, -0.15) is 22.8 Å². The van der Waals surface area contributed by atoms with Crippen molar-refractivity contribution in [2.75, 3.05) is 19.5 Å². The second-order valence-corrected chi connectivity index (χ2v) is 5.12. The topological polar surface area (TPSA) is 142 Å². The summed E-state index contributed by atoms with van der Waals surface area (Å²) in [6, 6.07) is 3.09. The predicted octanol–water partition coefficient (Wildman–Crippen LogP) is 2.11. The first-order valence-corrected chi connectivity index (χ1v) is 8.36. The first-order chi connectivity index (χ1) is 13.7. The number of carbonyl (C=O) groups is 1. The Bertz CT molecular complexity index is 902. The van der Waals surface area contributed by atoms with Crippen molar-refractivity contribution in [2.24, 2.45) is 4.36 Å². The number of amides is 2. The van der Waals surface area contributed by atoms with Gasteiger partial charge in [0.1, 0.15) is 5.75 Å². The SMILES string of the molecule is COc1cc(OC)nc(NC(=O)N=S(=O)=O)n1.FC(F)C(F)Oc1cccnc1. The highest BCUT2D eigenvalue weighted by Crippen LogP contribution is 2.17. The summed E-state index contributed by atoms with van der Waals surface area (Å²) < 4.78 is 72.2. The zero-order valence-electron chi connectivity index (χ0n) is 14.8. The van der Waals surface area contributed by atoms with Crippen LogP contribution in [-0.4, -0.2) is 56.4 Å². The van der Waals surface area contributed by atoms with Crippen LogP contribution < -0.4 is 19.5 Å². The molecule has 0 saturated carbocycles. The highest BCUT2D eigenvalue weighted by atomic mass is 32.2. The van der Waals surface area contributed by atoms with Crippen LogP contribution in [0.5, 0.6) is 17.5 Å². The normalized spacial score (nSPS) is 10.8. The van der Waals surface area contributed by atoms with Crippen molar-refractivity contribution in [1.82, 2.24) is 15.0 Å². The van der Waals surface area contributed by atoms with E-state index in [2.05, 4.69) is 24.1 Å². The predicted molar refractivity (Wildman–Crippen MR) is 91.3 cm³/mol. The van der Waals surface area contributed by atoms with E-state index in [1.807, 2.05) is 5.32 Å². The van der Waals surface area contributed by atoms with Gasteiger partial charge < -0.3 is 14.2 Å². The van der Waals surface area contributed by atoms with Crippen molar-refractivity contribution in [2.45, 2.75) is 12.8 Å². The van der Waals surface area contributed by atoms with Crippen LogP contribution in [0, 0.1) is 0 Å². The minimum absolute atomic E-state index is 0.00898. The summed E-state index contributed by atoms with van der Waals surface area (Å²) in [6.07, 6.45) is -3.13. The number of aromatic nitrogens is 3. The number of nitrogens with zero attached hydrogens (tertiary/aromatic N) is 4. The molecule has 15 heteroatoms. The number of carbonyl (C=O) groups excluding carboxylic acids is 1. The van der Waals surface area contributed by atoms with Gasteiger partial charge in [0.05, 0.1) is 26.5 Å². The lowest BCUT2D eigenvalue weighted by molar-refractivity contribution is -0.0670. The van der Waals surface area contributed by atoms with Crippen molar-refractivity contribution in [1.29, 1.82) is 0 Å². The second kappa shape index (κ2) is 12.1. The molecule has 0 fully saturated rings. The lowest BCUT2D eigenvalue weighted by Gasteiger charge is -2.08. The fourth-order valence-corrected chi connectivity index (χ4v) is 1.63. The number of rotatable bonds is 6.